The summed E-state index contributed by atoms with van der Waals surface area (Å²) in [6, 6.07) is 20.4. The molecule has 1 atom stereocenters. The van der Waals surface area contributed by atoms with Gasteiger partial charge < -0.3 is 10.0 Å². The number of hydrogen-bond donors (Lipinski definition) is 1. The molecule has 26 heavy (non-hydrogen) atoms. The van der Waals surface area contributed by atoms with Crippen molar-refractivity contribution in [2.75, 3.05) is 4.90 Å². The van der Waals surface area contributed by atoms with Crippen LogP contribution in [0.1, 0.15) is 36.5 Å². The van der Waals surface area contributed by atoms with E-state index in [9.17, 15) is 9.90 Å². The van der Waals surface area contributed by atoms with Crippen molar-refractivity contribution in [3.05, 3.63) is 77.4 Å². The predicted octanol–water partition coefficient (Wildman–Crippen LogP) is 4.98. The second-order valence-electron chi connectivity index (χ2n) is 7.37. The van der Waals surface area contributed by atoms with Crippen molar-refractivity contribution in [2.24, 2.45) is 0 Å². The second-order valence-corrected chi connectivity index (χ2v) is 7.37. The van der Waals surface area contributed by atoms with E-state index in [1.54, 1.807) is 0 Å². The van der Waals surface area contributed by atoms with E-state index in [0.717, 1.165) is 16.8 Å². The Balaban J connectivity index is 1.76. The van der Waals surface area contributed by atoms with Crippen LogP contribution in [0.4, 0.5) is 5.69 Å². The smallest absolute Gasteiger partial charge is 0.326 e. The first-order valence-corrected chi connectivity index (χ1v) is 9.13. The normalized spacial score (nSPS) is 16.3. The monoisotopic (exact) mass is 345 g/mol. The first kappa shape index (κ1) is 16.6. The van der Waals surface area contributed by atoms with E-state index in [2.05, 4.69) is 56.3 Å². The van der Waals surface area contributed by atoms with Gasteiger partial charge in [-0.05, 0) is 39.4 Å². The molecule has 0 fully saturated rings. The Bertz CT molecular complexity index is 972. The van der Waals surface area contributed by atoms with Crippen molar-refractivity contribution < 1.29 is 9.90 Å². The zero-order valence-electron chi connectivity index (χ0n) is 15.1. The fourth-order valence-electron chi connectivity index (χ4n) is 3.92. The van der Waals surface area contributed by atoms with Crippen molar-refractivity contribution in [3.8, 4) is 0 Å². The average molecular weight is 345 g/mol. The van der Waals surface area contributed by atoms with Gasteiger partial charge in [0.15, 0.2) is 0 Å². The largest absolute Gasteiger partial charge is 0.480 e. The van der Waals surface area contributed by atoms with Gasteiger partial charge in [-0.15, -0.1) is 0 Å². The van der Waals surface area contributed by atoms with Crippen LogP contribution in [-0.4, -0.2) is 17.1 Å². The Morgan fingerprint density at radius 3 is 2.65 bits per heavy atom. The highest BCUT2D eigenvalue weighted by atomic mass is 16.4. The third-order valence-corrected chi connectivity index (χ3v) is 5.37. The Kier molecular flexibility index (Phi) is 4.15. The number of anilines is 1. The van der Waals surface area contributed by atoms with Crippen LogP contribution in [0.2, 0.25) is 0 Å². The summed E-state index contributed by atoms with van der Waals surface area (Å²) in [5.41, 5.74) is 4.62. The zero-order valence-corrected chi connectivity index (χ0v) is 15.1. The summed E-state index contributed by atoms with van der Waals surface area (Å²) in [6.07, 6.45) is 0.565. The highest BCUT2D eigenvalue weighted by Gasteiger charge is 2.34. The maximum Gasteiger partial charge on any atom is 0.326 e. The number of fused-ring (bicyclic) bond motifs is 2. The molecule has 0 radical (unpaired) electrons. The molecule has 3 aromatic carbocycles. The van der Waals surface area contributed by atoms with E-state index in [1.807, 2.05) is 23.1 Å². The van der Waals surface area contributed by atoms with Crippen LogP contribution in [0.25, 0.3) is 10.8 Å². The number of carboxylic acids is 1. The molecule has 0 saturated heterocycles. The minimum atomic E-state index is -0.757. The molecule has 1 N–H and O–H groups in total. The molecular weight excluding hydrogens is 322 g/mol. The number of carboxylic acid groups (broad SMARTS) is 1. The molecule has 0 aliphatic carbocycles. The summed E-state index contributed by atoms with van der Waals surface area (Å²) < 4.78 is 0. The fourth-order valence-corrected chi connectivity index (χ4v) is 3.92. The minimum Gasteiger partial charge on any atom is -0.480 e. The van der Waals surface area contributed by atoms with E-state index in [4.69, 9.17) is 0 Å². The number of nitrogens with zero attached hydrogens (tertiary/aromatic N) is 1. The molecule has 1 unspecified atom stereocenters. The molecule has 1 heterocycles. The lowest BCUT2D eigenvalue weighted by molar-refractivity contribution is -0.138. The van der Waals surface area contributed by atoms with Gasteiger partial charge in [0.25, 0.3) is 0 Å². The summed E-state index contributed by atoms with van der Waals surface area (Å²) >= 11 is 0. The minimum absolute atomic E-state index is 0.440. The van der Waals surface area contributed by atoms with Crippen molar-refractivity contribution in [1.82, 2.24) is 0 Å². The first-order valence-electron chi connectivity index (χ1n) is 9.13. The zero-order chi connectivity index (χ0) is 18.3. The lowest BCUT2D eigenvalue weighted by atomic mass is 9.99. The van der Waals surface area contributed by atoms with Gasteiger partial charge in [-0.25, -0.2) is 4.79 Å². The lowest BCUT2D eigenvalue weighted by Gasteiger charge is -2.25. The molecule has 3 nitrogen and oxygen atoms in total. The summed E-state index contributed by atoms with van der Waals surface area (Å²) in [4.78, 5) is 14.0. The summed E-state index contributed by atoms with van der Waals surface area (Å²) in [5.74, 6) is -0.316. The Hall–Kier alpha value is -2.81. The van der Waals surface area contributed by atoms with Gasteiger partial charge in [0.2, 0.25) is 0 Å². The van der Waals surface area contributed by atoms with Crippen molar-refractivity contribution >= 4 is 22.4 Å². The number of carbonyl (C=O) groups is 1. The first-order chi connectivity index (χ1) is 12.5. The number of aliphatic carboxylic acids is 1. The lowest BCUT2D eigenvalue weighted by Crippen LogP contribution is -2.38. The van der Waals surface area contributed by atoms with E-state index < -0.39 is 12.0 Å². The molecule has 1 aliphatic heterocycles. The molecule has 3 aromatic rings. The van der Waals surface area contributed by atoms with Crippen LogP contribution in [-0.2, 0) is 17.8 Å². The molecule has 132 valence electrons. The molecule has 0 saturated carbocycles. The molecular formula is C23H23NO2. The maximum atomic E-state index is 11.9. The van der Waals surface area contributed by atoms with Crippen LogP contribution < -0.4 is 4.90 Å². The SMILES string of the molecule is CC(C)c1ccc2c(c1)CC(C(=O)O)N2Cc1cccc2ccccc12. The van der Waals surface area contributed by atoms with Crippen molar-refractivity contribution in [2.45, 2.75) is 38.8 Å². The molecule has 0 amide bonds. The summed E-state index contributed by atoms with van der Waals surface area (Å²) in [7, 11) is 0. The molecule has 3 heteroatoms. The standard InChI is InChI=1S/C23H23NO2/c1-15(2)17-10-11-21-19(12-17)13-22(23(25)26)24(21)14-18-8-5-7-16-6-3-4-9-20(16)18/h3-12,15,22H,13-14H2,1-2H3,(H,25,26). The van der Waals surface area contributed by atoms with E-state index in [0.29, 0.717) is 18.9 Å². The molecule has 0 aromatic heterocycles. The van der Waals surface area contributed by atoms with E-state index in [1.165, 1.54) is 16.3 Å². The predicted molar refractivity (Wildman–Crippen MR) is 106 cm³/mol. The van der Waals surface area contributed by atoms with Gasteiger partial charge in [0, 0.05) is 18.7 Å². The van der Waals surface area contributed by atoms with Crippen LogP contribution in [0, 0.1) is 0 Å². The van der Waals surface area contributed by atoms with Crippen molar-refractivity contribution in [1.29, 1.82) is 0 Å². The van der Waals surface area contributed by atoms with Crippen molar-refractivity contribution in [3.63, 3.8) is 0 Å². The van der Waals surface area contributed by atoms with Gasteiger partial charge in [0.1, 0.15) is 6.04 Å². The average Bonchev–Trinajstić information content (AvgIpc) is 3.00. The maximum absolute atomic E-state index is 11.9. The van der Waals surface area contributed by atoms with Gasteiger partial charge in [-0.2, -0.15) is 0 Å². The highest BCUT2D eigenvalue weighted by molar-refractivity contribution is 5.87. The number of rotatable bonds is 4. The van der Waals surface area contributed by atoms with Gasteiger partial charge in [-0.1, -0.05) is 68.4 Å². The summed E-state index contributed by atoms with van der Waals surface area (Å²) in [6.45, 7) is 4.94. The Morgan fingerprint density at radius 2 is 1.88 bits per heavy atom. The molecule has 4 rings (SSSR count). The van der Waals surface area contributed by atoms with Crippen LogP contribution in [0.15, 0.2) is 60.7 Å². The van der Waals surface area contributed by atoms with Gasteiger partial charge in [0.05, 0.1) is 0 Å². The molecule has 0 spiro atoms. The fraction of sp³-hybridized carbons (Fsp3) is 0.261. The number of benzene rings is 3. The third kappa shape index (κ3) is 2.84. The van der Waals surface area contributed by atoms with E-state index >= 15 is 0 Å². The third-order valence-electron chi connectivity index (χ3n) is 5.37. The molecule has 0 bridgehead atoms. The van der Waals surface area contributed by atoms with Crippen LogP contribution in [0.5, 0.6) is 0 Å². The Morgan fingerprint density at radius 1 is 1.12 bits per heavy atom. The molecule has 1 aliphatic rings. The highest BCUT2D eigenvalue weighted by Crippen LogP contribution is 2.36. The van der Waals surface area contributed by atoms with Gasteiger partial charge >= 0.3 is 5.97 Å². The van der Waals surface area contributed by atoms with Crippen LogP contribution in [0.3, 0.4) is 0 Å². The Labute approximate surface area is 153 Å². The quantitative estimate of drug-likeness (QED) is 0.725. The van der Waals surface area contributed by atoms with E-state index in [-0.39, 0.29) is 0 Å². The second kappa shape index (κ2) is 6.49. The number of hydrogen-bond acceptors (Lipinski definition) is 2. The van der Waals surface area contributed by atoms with Crippen LogP contribution >= 0.6 is 0 Å². The summed E-state index contributed by atoms with van der Waals surface area (Å²) in [5, 5.41) is 12.2. The topological polar surface area (TPSA) is 40.5 Å². The van der Waals surface area contributed by atoms with Gasteiger partial charge in [-0.3, -0.25) is 0 Å².